The quantitative estimate of drug-likeness (QED) is 0.660. The van der Waals surface area contributed by atoms with Gasteiger partial charge in [-0.3, -0.25) is 0 Å². The molecule has 0 amide bonds. The Morgan fingerprint density at radius 1 is 0.737 bits per heavy atom. The van der Waals surface area contributed by atoms with Gasteiger partial charge in [0.2, 0.25) is 0 Å². The molecule has 0 N–H and O–H groups in total. The maximum Gasteiger partial charge on any atom is 0.416 e. The summed E-state index contributed by atoms with van der Waals surface area (Å²) in [5, 5.41) is 0. The summed E-state index contributed by atoms with van der Waals surface area (Å²) in [4.78, 5) is 0. The highest BCUT2D eigenvalue weighted by atomic mass is 19.4. The van der Waals surface area contributed by atoms with Gasteiger partial charge < -0.3 is 0 Å². The number of alkyl halides is 3. The summed E-state index contributed by atoms with van der Waals surface area (Å²) < 4.78 is 38.3. The van der Waals surface area contributed by atoms with Crippen LogP contribution >= 0.6 is 0 Å². The third-order valence-electron chi connectivity index (χ3n) is 3.70. The molecule has 0 atom stereocenters. The molecule has 2 aromatic carbocycles. The lowest BCUT2D eigenvalue weighted by Crippen LogP contribution is -2.06. The van der Waals surface area contributed by atoms with Crippen LogP contribution < -0.4 is 0 Å². The zero-order valence-electron chi connectivity index (χ0n) is 10.3. The fourth-order valence-corrected chi connectivity index (χ4v) is 2.66. The van der Waals surface area contributed by atoms with Gasteiger partial charge in [-0.05, 0) is 53.6 Å². The van der Waals surface area contributed by atoms with Gasteiger partial charge in [0.15, 0.2) is 0 Å². The van der Waals surface area contributed by atoms with Gasteiger partial charge in [0, 0.05) is 0 Å². The second-order valence-corrected chi connectivity index (χ2v) is 4.93. The summed E-state index contributed by atoms with van der Waals surface area (Å²) in [7, 11) is 0. The second-order valence-electron chi connectivity index (χ2n) is 4.93. The fraction of sp³-hybridized carbons (Fsp3) is 0.250. The van der Waals surface area contributed by atoms with E-state index in [1.807, 2.05) is 18.2 Å². The molecule has 0 bridgehead atoms. The Hall–Kier alpha value is -1.77. The highest BCUT2D eigenvalue weighted by Crippen LogP contribution is 2.33. The van der Waals surface area contributed by atoms with Gasteiger partial charge in [-0.2, -0.15) is 13.2 Å². The van der Waals surface area contributed by atoms with Gasteiger partial charge in [-0.25, -0.2) is 0 Å². The molecule has 0 unspecified atom stereocenters. The molecule has 0 fully saturated rings. The minimum atomic E-state index is -4.26. The van der Waals surface area contributed by atoms with E-state index < -0.39 is 11.7 Å². The summed E-state index contributed by atoms with van der Waals surface area (Å²) in [6, 6.07) is 12.1. The molecule has 1 aliphatic carbocycles. The largest absolute Gasteiger partial charge is 0.416 e. The second kappa shape index (κ2) is 4.41. The Bertz CT molecular complexity index is 612. The zero-order valence-corrected chi connectivity index (χ0v) is 10.3. The van der Waals surface area contributed by atoms with Crippen molar-refractivity contribution in [3.63, 3.8) is 0 Å². The monoisotopic (exact) mass is 262 g/mol. The van der Waals surface area contributed by atoms with Crippen LogP contribution in [0.1, 0.15) is 27.8 Å². The first kappa shape index (κ1) is 12.3. The molecule has 3 rings (SSSR count). The van der Waals surface area contributed by atoms with Crippen molar-refractivity contribution in [2.24, 2.45) is 0 Å². The molecule has 98 valence electrons. The van der Waals surface area contributed by atoms with Crippen LogP contribution in [0.5, 0.6) is 0 Å². The van der Waals surface area contributed by atoms with Crippen molar-refractivity contribution in [1.82, 2.24) is 0 Å². The lowest BCUT2D eigenvalue weighted by atomic mass is 9.98. The van der Waals surface area contributed by atoms with E-state index in [0.29, 0.717) is 6.42 Å². The molecule has 0 saturated heterocycles. The molecule has 0 saturated carbocycles. The van der Waals surface area contributed by atoms with Crippen molar-refractivity contribution in [2.45, 2.75) is 25.4 Å². The summed E-state index contributed by atoms with van der Waals surface area (Å²) in [5.74, 6) is 0. The van der Waals surface area contributed by atoms with Crippen LogP contribution in [0.3, 0.4) is 0 Å². The third kappa shape index (κ3) is 2.37. The van der Waals surface area contributed by atoms with Crippen molar-refractivity contribution in [3.8, 4) is 0 Å². The topological polar surface area (TPSA) is 0 Å². The van der Waals surface area contributed by atoms with Crippen LogP contribution in [-0.2, 0) is 25.4 Å². The Balaban J connectivity index is 2.05. The van der Waals surface area contributed by atoms with Gasteiger partial charge in [0.05, 0.1) is 5.56 Å². The number of aryl methyl sites for hydroxylation is 2. The average molecular weight is 262 g/mol. The third-order valence-corrected chi connectivity index (χ3v) is 3.70. The van der Waals surface area contributed by atoms with E-state index in [-0.39, 0.29) is 0 Å². The van der Waals surface area contributed by atoms with Crippen molar-refractivity contribution in [3.05, 3.63) is 70.3 Å². The van der Waals surface area contributed by atoms with E-state index in [0.717, 1.165) is 29.5 Å². The van der Waals surface area contributed by atoms with E-state index in [2.05, 4.69) is 6.07 Å². The lowest BCUT2D eigenvalue weighted by Gasteiger charge is -2.11. The van der Waals surface area contributed by atoms with Gasteiger partial charge >= 0.3 is 6.18 Å². The van der Waals surface area contributed by atoms with Crippen LogP contribution in [0.4, 0.5) is 13.2 Å². The Morgan fingerprint density at radius 2 is 1.37 bits per heavy atom. The SMILES string of the molecule is FC(F)(F)c1ccc2c(c1)Cc1ccccc1CC2. The van der Waals surface area contributed by atoms with Crippen LogP contribution in [0.15, 0.2) is 42.5 Å². The van der Waals surface area contributed by atoms with Crippen LogP contribution in [0.2, 0.25) is 0 Å². The standard InChI is InChI=1S/C16H13F3/c17-16(18,19)15-8-7-12-6-5-11-3-1-2-4-13(11)9-14(12)10-15/h1-4,7-8,10H,5-6,9H2. The number of rotatable bonds is 0. The summed E-state index contributed by atoms with van der Waals surface area (Å²) in [5.41, 5.74) is 3.67. The fourth-order valence-electron chi connectivity index (χ4n) is 2.66. The van der Waals surface area contributed by atoms with Crippen LogP contribution in [0.25, 0.3) is 0 Å². The van der Waals surface area contributed by atoms with Gasteiger partial charge in [-0.15, -0.1) is 0 Å². The predicted octanol–water partition coefficient (Wildman–Crippen LogP) is 4.39. The highest BCUT2D eigenvalue weighted by molar-refractivity contribution is 5.42. The normalized spacial score (nSPS) is 14.5. The zero-order chi connectivity index (χ0) is 13.5. The lowest BCUT2D eigenvalue weighted by molar-refractivity contribution is -0.137. The molecule has 0 aromatic heterocycles. The van der Waals surface area contributed by atoms with E-state index in [4.69, 9.17) is 0 Å². The molecule has 0 heterocycles. The van der Waals surface area contributed by atoms with E-state index >= 15 is 0 Å². The Labute approximate surface area is 109 Å². The first-order valence-electron chi connectivity index (χ1n) is 6.30. The minimum Gasteiger partial charge on any atom is -0.166 e. The van der Waals surface area contributed by atoms with Gasteiger partial charge in [0.1, 0.15) is 0 Å². The maximum absolute atomic E-state index is 12.8. The molecule has 1 aliphatic rings. The Morgan fingerprint density at radius 3 is 2.05 bits per heavy atom. The smallest absolute Gasteiger partial charge is 0.166 e. The minimum absolute atomic E-state index is 0.550. The first-order valence-corrected chi connectivity index (χ1v) is 6.30. The van der Waals surface area contributed by atoms with E-state index in [9.17, 15) is 13.2 Å². The highest BCUT2D eigenvalue weighted by Gasteiger charge is 2.31. The summed E-state index contributed by atoms with van der Waals surface area (Å²) in [6.45, 7) is 0. The first-order chi connectivity index (χ1) is 9.04. The number of halogens is 3. The van der Waals surface area contributed by atoms with Crippen molar-refractivity contribution < 1.29 is 13.2 Å². The van der Waals surface area contributed by atoms with Crippen molar-refractivity contribution in [1.29, 1.82) is 0 Å². The Kier molecular flexibility index (Phi) is 2.85. The van der Waals surface area contributed by atoms with E-state index in [1.54, 1.807) is 6.07 Å². The predicted molar refractivity (Wildman–Crippen MR) is 68.1 cm³/mol. The molecular formula is C16H13F3. The molecular weight excluding hydrogens is 249 g/mol. The van der Waals surface area contributed by atoms with Crippen LogP contribution in [-0.4, -0.2) is 0 Å². The summed E-state index contributed by atoms with van der Waals surface area (Å²) in [6.07, 6.45) is -1.96. The molecule has 0 spiro atoms. The number of fused-ring (bicyclic) bond motifs is 2. The molecule has 2 aromatic rings. The van der Waals surface area contributed by atoms with E-state index in [1.165, 1.54) is 17.7 Å². The summed E-state index contributed by atoms with van der Waals surface area (Å²) >= 11 is 0. The van der Waals surface area contributed by atoms with Gasteiger partial charge in [-0.1, -0.05) is 30.3 Å². The molecule has 0 aliphatic heterocycles. The van der Waals surface area contributed by atoms with Gasteiger partial charge in [0.25, 0.3) is 0 Å². The van der Waals surface area contributed by atoms with Crippen molar-refractivity contribution in [2.75, 3.05) is 0 Å². The molecule has 0 radical (unpaired) electrons. The molecule has 3 heteroatoms. The number of hydrogen-bond acceptors (Lipinski definition) is 0. The number of benzene rings is 2. The molecule has 19 heavy (non-hydrogen) atoms. The van der Waals surface area contributed by atoms with Crippen LogP contribution in [0, 0.1) is 0 Å². The average Bonchev–Trinajstić information content (AvgIpc) is 2.55. The number of hydrogen-bond donors (Lipinski definition) is 0. The van der Waals surface area contributed by atoms with Crippen molar-refractivity contribution >= 4 is 0 Å². The maximum atomic E-state index is 12.8. The molecule has 0 nitrogen and oxygen atoms in total.